The number of pyridine rings is 1. The summed E-state index contributed by atoms with van der Waals surface area (Å²) in [5.41, 5.74) is 0.228. The van der Waals surface area contributed by atoms with Crippen LogP contribution < -0.4 is 4.90 Å². The molecule has 0 N–H and O–H groups in total. The van der Waals surface area contributed by atoms with Gasteiger partial charge in [-0.25, -0.2) is 14.2 Å². The second kappa shape index (κ2) is 6.98. The van der Waals surface area contributed by atoms with E-state index in [0.29, 0.717) is 32.0 Å². The van der Waals surface area contributed by atoms with Crippen molar-refractivity contribution in [3.8, 4) is 0 Å². The molecule has 5 nitrogen and oxygen atoms in total. The number of anilines is 1. The second-order valence-corrected chi connectivity index (χ2v) is 6.53. The van der Waals surface area contributed by atoms with Crippen LogP contribution in [0.25, 0.3) is 6.08 Å². The minimum Gasteiger partial charge on any atom is -0.444 e. The maximum atomic E-state index is 14.2. The number of carbonyl (C=O) groups is 1. The summed E-state index contributed by atoms with van der Waals surface area (Å²) in [7, 11) is 0. The van der Waals surface area contributed by atoms with E-state index in [0.717, 1.165) is 5.56 Å². The van der Waals surface area contributed by atoms with E-state index in [-0.39, 0.29) is 11.9 Å². The van der Waals surface area contributed by atoms with E-state index in [1.807, 2.05) is 38.7 Å². The Morgan fingerprint density at radius 3 is 2.48 bits per heavy atom. The van der Waals surface area contributed by atoms with Crippen LogP contribution in [0.3, 0.4) is 0 Å². The molecular weight excluding hydrogens is 297 g/mol. The predicted octanol–water partition coefficient (Wildman–Crippen LogP) is 3.31. The first kappa shape index (κ1) is 17.2. The molecule has 1 fully saturated rings. The number of nitrogens with zero attached hydrogens (tertiary/aromatic N) is 3. The number of hydrogen-bond donors (Lipinski definition) is 0. The zero-order valence-corrected chi connectivity index (χ0v) is 14.2. The quantitative estimate of drug-likeness (QED) is 0.838. The van der Waals surface area contributed by atoms with Gasteiger partial charge in [0, 0.05) is 32.4 Å². The lowest BCUT2D eigenvalue weighted by molar-refractivity contribution is 0.0240. The molecule has 0 spiro atoms. The van der Waals surface area contributed by atoms with Gasteiger partial charge in [-0.1, -0.05) is 12.2 Å². The molecule has 1 saturated heterocycles. The molecule has 1 aromatic rings. The third kappa shape index (κ3) is 4.68. The fourth-order valence-electron chi connectivity index (χ4n) is 2.39. The monoisotopic (exact) mass is 321 g/mol. The largest absolute Gasteiger partial charge is 0.444 e. The van der Waals surface area contributed by atoms with Crippen molar-refractivity contribution in [3.05, 3.63) is 29.7 Å². The van der Waals surface area contributed by atoms with Gasteiger partial charge in [-0.3, -0.25) is 0 Å². The van der Waals surface area contributed by atoms with Gasteiger partial charge in [-0.15, -0.1) is 0 Å². The predicted molar refractivity (Wildman–Crippen MR) is 88.9 cm³/mol. The molecule has 0 aromatic carbocycles. The number of ether oxygens (including phenoxy) is 1. The second-order valence-electron chi connectivity index (χ2n) is 6.53. The van der Waals surface area contributed by atoms with E-state index in [1.54, 1.807) is 17.2 Å². The fourth-order valence-corrected chi connectivity index (χ4v) is 2.39. The minimum absolute atomic E-state index is 0.325. The summed E-state index contributed by atoms with van der Waals surface area (Å²) >= 11 is 0. The summed E-state index contributed by atoms with van der Waals surface area (Å²) in [5, 5.41) is 0. The SMILES string of the molecule is C/C=C\c1cnc(N2CCN(C(=O)OC(C)(C)C)CC2)c(F)c1. The van der Waals surface area contributed by atoms with Gasteiger partial charge in [-0.2, -0.15) is 0 Å². The van der Waals surface area contributed by atoms with Crippen LogP contribution in [0, 0.1) is 5.82 Å². The molecular formula is C17H24FN3O2. The normalized spacial score (nSPS) is 16.0. The minimum atomic E-state index is -0.509. The molecule has 0 unspecified atom stereocenters. The van der Waals surface area contributed by atoms with Crippen LogP contribution in [0.5, 0.6) is 0 Å². The van der Waals surface area contributed by atoms with E-state index < -0.39 is 5.60 Å². The van der Waals surface area contributed by atoms with Crippen LogP contribution >= 0.6 is 0 Å². The first-order valence-corrected chi connectivity index (χ1v) is 7.81. The van der Waals surface area contributed by atoms with Gasteiger partial charge in [0.25, 0.3) is 0 Å². The Balaban J connectivity index is 1.98. The zero-order valence-electron chi connectivity index (χ0n) is 14.2. The Hall–Kier alpha value is -2.11. The zero-order chi connectivity index (χ0) is 17.0. The topological polar surface area (TPSA) is 45.7 Å². The molecule has 1 aliphatic rings. The average Bonchev–Trinajstić information content (AvgIpc) is 2.46. The van der Waals surface area contributed by atoms with Gasteiger partial charge in [0.15, 0.2) is 11.6 Å². The summed E-state index contributed by atoms with van der Waals surface area (Å²) in [6.45, 7) is 9.45. The van der Waals surface area contributed by atoms with Crippen LogP contribution in [0.2, 0.25) is 0 Å². The first-order valence-electron chi connectivity index (χ1n) is 7.81. The third-order valence-corrected chi connectivity index (χ3v) is 3.43. The average molecular weight is 321 g/mol. The molecule has 0 radical (unpaired) electrons. The van der Waals surface area contributed by atoms with E-state index in [2.05, 4.69) is 4.98 Å². The Morgan fingerprint density at radius 1 is 1.30 bits per heavy atom. The van der Waals surface area contributed by atoms with E-state index in [4.69, 9.17) is 4.74 Å². The Bertz CT molecular complexity index is 588. The van der Waals surface area contributed by atoms with Gasteiger partial charge in [0.05, 0.1) is 0 Å². The summed E-state index contributed by atoms with van der Waals surface area (Å²) in [6, 6.07) is 1.47. The fraction of sp³-hybridized carbons (Fsp3) is 0.529. The van der Waals surface area contributed by atoms with Crippen molar-refractivity contribution in [1.82, 2.24) is 9.88 Å². The maximum Gasteiger partial charge on any atom is 0.410 e. The molecule has 6 heteroatoms. The highest BCUT2D eigenvalue weighted by Gasteiger charge is 2.27. The summed E-state index contributed by atoms with van der Waals surface area (Å²) < 4.78 is 19.5. The van der Waals surface area contributed by atoms with Crippen molar-refractivity contribution in [1.29, 1.82) is 0 Å². The van der Waals surface area contributed by atoms with Crippen molar-refractivity contribution in [2.45, 2.75) is 33.3 Å². The highest BCUT2D eigenvalue weighted by Crippen LogP contribution is 2.20. The number of allylic oxidation sites excluding steroid dienone is 1. The van der Waals surface area contributed by atoms with E-state index in [1.165, 1.54) is 6.07 Å². The number of hydrogen-bond acceptors (Lipinski definition) is 4. The lowest BCUT2D eigenvalue weighted by Gasteiger charge is -2.36. The standard InChI is InChI=1S/C17H24FN3O2/c1-5-6-13-11-14(18)15(19-12-13)20-7-9-21(10-8-20)16(22)23-17(2,3)4/h5-6,11-12H,7-10H2,1-4H3/b6-5-. The number of aromatic nitrogens is 1. The van der Waals surface area contributed by atoms with E-state index in [9.17, 15) is 9.18 Å². The highest BCUT2D eigenvalue weighted by molar-refractivity contribution is 5.68. The molecule has 0 atom stereocenters. The smallest absolute Gasteiger partial charge is 0.410 e. The van der Waals surface area contributed by atoms with Crippen molar-refractivity contribution in [3.63, 3.8) is 0 Å². The van der Waals surface area contributed by atoms with Crippen LogP contribution in [0.15, 0.2) is 18.3 Å². The number of halogens is 1. The summed E-state index contributed by atoms with van der Waals surface area (Å²) in [5.74, 6) is -0.00610. The van der Waals surface area contributed by atoms with Crippen LogP contribution in [0.1, 0.15) is 33.3 Å². The van der Waals surface area contributed by atoms with Gasteiger partial charge in [0.2, 0.25) is 0 Å². The molecule has 1 aromatic heterocycles. The molecule has 0 aliphatic carbocycles. The first-order chi connectivity index (χ1) is 10.8. The molecule has 0 bridgehead atoms. The van der Waals surface area contributed by atoms with Crippen LogP contribution in [0.4, 0.5) is 15.0 Å². The number of carbonyl (C=O) groups excluding carboxylic acids is 1. The highest BCUT2D eigenvalue weighted by atomic mass is 19.1. The van der Waals surface area contributed by atoms with Crippen molar-refractivity contribution >= 4 is 18.0 Å². The molecule has 2 rings (SSSR count). The Morgan fingerprint density at radius 2 is 1.96 bits per heavy atom. The van der Waals surface area contributed by atoms with E-state index >= 15 is 0 Å². The molecule has 1 amide bonds. The number of amides is 1. The van der Waals surface area contributed by atoms with Gasteiger partial charge >= 0.3 is 6.09 Å². The molecule has 2 heterocycles. The van der Waals surface area contributed by atoms with Crippen molar-refractivity contribution in [2.24, 2.45) is 0 Å². The maximum absolute atomic E-state index is 14.2. The van der Waals surface area contributed by atoms with Crippen molar-refractivity contribution < 1.29 is 13.9 Å². The molecule has 126 valence electrons. The summed E-state index contributed by atoms with van der Waals surface area (Å²) in [4.78, 5) is 19.7. The van der Waals surface area contributed by atoms with Gasteiger partial charge in [-0.05, 0) is 39.3 Å². The third-order valence-electron chi connectivity index (χ3n) is 3.43. The molecule has 0 saturated carbocycles. The van der Waals surface area contributed by atoms with Gasteiger partial charge < -0.3 is 14.5 Å². The number of rotatable bonds is 2. The molecule has 1 aliphatic heterocycles. The lowest BCUT2D eigenvalue weighted by Crippen LogP contribution is -2.50. The van der Waals surface area contributed by atoms with Crippen LogP contribution in [-0.2, 0) is 4.74 Å². The van der Waals surface area contributed by atoms with Crippen molar-refractivity contribution in [2.75, 3.05) is 31.1 Å². The lowest BCUT2D eigenvalue weighted by atomic mass is 10.2. The molecule has 23 heavy (non-hydrogen) atoms. The Kier molecular flexibility index (Phi) is 5.23. The number of piperazine rings is 1. The van der Waals surface area contributed by atoms with Gasteiger partial charge in [0.1, 0.15) is 5.60 Å². The van der Waals surface area contributed by atoms with Crippen LogP contribution in [-0.4, -0.2) is 47.8 Å². The Labute approximate surface area is 136 Å². The summed E-state index contributed by atoms with van der Waals surface area (Å²) in [6.07, 6.45) is 4.98.